The lowest BCUT2D eigenvalue weighted by atomic mass is 10.1. The molecule has 0 radical (unpaired) electrons. The summed E-state index contributed by atoms with van der Waals surface area (Å²) in [5.41, 5.74) is 3.81. The molecule has 8 nitrogen and oxygen atoms in total. The van der Waals surface area contributed by atoms with Crippen LogP contribution in [0.4, 0.5) is 5.69 Å². The van der Waals surface area contributed by atoms with Crippen molar-refractivity contribution in [3.63, 3.8) is 0 Å². The average Bonchev–Trinajstić information content (AvgIpc) is 3.17. The summed E-state index contributed by atoms with van der Waals surface area (Å²) in [5.74, 6) is 0.974. The van der Waals surface area contributed by atoms with Crippen LogP contribution in [-0.4, -0.2) is 45.6 Å². The number of thioether (sulfide) groups is 1. The molecule has 0 saturated carbocycles. The number of nitrogens with zero attached hydrogens (tertiary/aromatic N) is 4. The Hall–Kier alpha value is -3.07. The number of anilines is 1. The molecular formula is C20H23N5O3S. The minimum Gasteiger partial charge on any atom is -0.493 e. The maximum Gasteiger partial charge on any atom is 0.237 e. The molecule has 0 unspecified atom stereocenters. The lowest BCUT2D eigenvalue weighted by Gasteiger charge is -2.14. The van der Waals surface area contributed by atoms with Crippen molar-refractivity contribution in [1.82, 2.24) is 20.2 Å². The third-order valence-corrected chi connectivity index (χ3v) is 5.51. The summed E-state index contributed by atoms with van der Waals surface area (Å²) in [7, 11) is 3.11. The molecule has 1 N–H and O–H groups in total. The number of amides is 1. The van der Waals surface area contributed by atoms with Gasteiger partial charge in [0.2, 0.25) is 11.1 Å². The normalized spacial score (nSPS) is 11.8. The average molecular weight is 414 g/mol. The van der Waals surface area contributed by atoms with Crippen molar-refractivity contribution in [2.24, 2.45) is 0 Å². The van der Waals surface area contributed by atoms with Gasteiger partial charge >= 0.3 is 0 Å². The fourth-order valence-corrected chi connectivity index (χ4v) is 3.45. The topological polar surface area (TPSA) is 91.2 Å². The number of aryl methyl sites for hydroxylation is 2. The van der Waals surface area contributed by atoms with Crippen molar-refractivity contribution in [2.75, 3.05) is 19.5 Å². The van der Waals surface area contributed by atoms with Crippen LogP contribution in [0.2, 0.25) is 0 Å². The second-order valence-electron chi connectivity index (χ2n) is 6.46. The van der Waals surface area contributed by atoms with Crippen LogP contribution in [0.15, 0.2) is 41.6 Å². The highest BCUT2D eigenvalue weighted by molar-refractivity contribution is 8.00. The second-order valence-corrected chi connectivity index (χ2v) is 7.77. The molecule has 0 spiro atoms. The van der Waals surface area contributed by atoms with E-state index in [1.54, 1.807) is 44.0 Å². The van der Waals surface area contributed by atoms with Gasteiger partial charge in [-0.25, -0.2) is 0 Å². The molecule has 2 aromatic carbocycles. The standard InChI is InChI=1S/C20H23N5O3S/c1-12-6-8-16(10-13(12)2)25-20(22-23-24-25)29-14(3)19(26)21-15-7-9-17(27-4)18(11-15)28-5/h6-11,14H,1-5H3,(H,21,26)/t14-/m1/s1. The van der Waals surface area contributed by atoms with Crippen molar-refractivity contribution < 1.29 is 14.3 Å². The molecule has 3 aromatic rings. The van der Waals surface area contributed by atoms with E-state index < -0.39 is 5.25 Å². The first-order valence-electron chi connectivity index (χ1n) is 8.98. The molecule has 0 aliphatic carbocycles. The van der Waals surface area contributed by atoms with Crippen LogP contribution >= 0.6 is 11.8 Å². The molecule has 0 bridgehead atoms. The minimum absolute atomic E-state index is 0.170. The smallest absolute Gasteiger partial charge is 0.237 e. The number of methoxy groups -OCH3 is 2. The molecule has 0 fully saturated rings. The molecule has 29 heavy (non-hydrogen) atoms. The molecule has 1 heterocycles. The molecule has 9 heteroatoms. The number of tetrazole rings is 1. The summed E-state index contributed by atoms with van der Waals surface area (Å²) >= 11 is 1.29. The van der Waals surface area contributed by atoms with E-state index in [0.717, 1.165) is 11.3 Å². The van der Waals surface area contributed by atoms with Crippen LogP contribution in [0, 0.1) is 13.8 Å². The molecule has 0 aliphatic rings. The van der Waals surface area contributed by atoms with E-state index in [2.05, 4.69) is 27.8 Å². The summed E-state index contributed by atoms with van der Waals surface area (Å²) in [5, 5.41) is 14.9. The van der Waals surface area contributed by atoms with Crippen LogP contribution in [0.25, 0.3) is 5.69 Å². The van der Waals surface area contributed by atoms with E-state index in [1.165, 1.54) is 17.3 Å². The lowest BCUT2D eigenvalue weighted by molar-refractivity contribution is -0.115. The van der Waals surface area contributed by atoms with Gasteiger partial charge in [0, 0.05) is 11.8 Å². The van der Waals surface area contributed by atoms with Gasteiger partial charge in [0.25, 0.3) is 0 Å². The first-order valence-corrected chi connectivity index (χ1v) is 9.86. The molecule has 0 aliphatic heterocycles. The Morgan fingerprint density at radius 3 is 2.52 bits per heavy atom. The molecule has 1 aromatic heterocycles. The summed E-state index contributed by atoms with van der Waals surface area (Å²) in [6.07, 6.45) is 0. The number of aromatic nitrogens is 4. The van der Waals surface area contributed by atoms with Crippen LogP contribution in [0.5, 0.6) is 11.5 Å². The second kappa shape index (κ2) is 8.95. The quantitative estimate of drug-likeness (QED) is 0.594. The third kappa shape index (κ3) is 4.68. The highest BCUT2D eigenvalue weighted by atomic mass is 32.2. The zero-order chi connectivity index (χ0) is 21.0. The number of rotatable bonds is 7. The van der Waals surface area contributed by atoms with Gasteiger partial charge in [-0.3, -0.25) is 4.79 Å². The number of carbonyl (C=O) groups is 1. The SMILES string of the molecule is COc1ccc(NC(=O)[C@@H](C)Sc2nnnn2-c2ccc(C)c(C)c2)cc1OC. The van der Waals surface area contributed by atoms with E-state index in [9.17, 15) is 4.79 Å². The first-order chi connectivity index (χ1) is 13.9. The molecular weight excluding hydrogens is 390 g/mol. The van der Waals surface area contributed by atoms with Crippen molar-refractivity contribution in [1.29, 1.82) is 0 Å². The van der Waals surface area contributed by atoms with Gasteiger partial charge in [-0.2, -0.15) is 4.68 Å². The zero-order valence-corrected chi connectivity index (χ0v) is 17.8. The maximum absolute atomic E-state index is 12.7. The Labute approximate surface area is 173 Å². The number of ether oxygens (including phenoxy) is 2. The van der Waals surface area contributed by atoms with E-state index >= 15 is 0 Å². The molecule has 1 atom stereocenters. The van der Waals surface area contributed by atoms with Crippen molar-refractivity contribution in [2.45, 2.75) is 31.2 Å². The third-order valence-electron chi connectivity index (χ3n) is 4.48. The van der Waals surface area contributed by atoms with Crippen molar-refractivity contribution in [3.05, 3.63) is 47.5 Å². The first kappa shape index (κ1) is 20.7. The number of carbonyl (C=O) groups excluding carboxylic acids is 1. The summed E-state index contributed by atoms with van der Waals surface area (Å²) < 4.78 is 12.1. The van der Waals surface area contributed by atoms with Gasteiger partial charge < -0.3 is 14.8 Å². The molecule has 0 saturated heterocycles. The summed E-state index contributed by atoms with van der Waals surface area (Å²) in [6.45, 7) is 5.89. The Kier molecular flexibility index (Phi) is 6.38. The Balaban J connectivity index is 1.72. The number of hydrogen-bond donors (Lipinski definition) is 1. The lowest BCUT2D eigenvalue weighted by Crippen LogP contribution is -2.23. The van der Waals surface area contributed by atoms with E-state index in [0.29, 0.717) is 22.3 Å². The molecule has 3 rings (SSSR count). The highest BCUT2D eigenvalue weighted by Gasteiger charge is 2.20. The van der Waals surface area contributed by atoms with Crippen LogP contribution in [0.3, 0.4) is 0 Å². The largest absolute Gasteiger partial charge is 0.493 e. The van der Waals surface area contributed by atoms with Crippen LogP contribution in [0.1, 0.15) is 18.1 Å². The van der Waals surface area contributed by atoms with E-state index in [1.807, 2.05) is 25.1 Å². The number of hydrogen-bond acceptors (Lipinski definition) is 7. The van der Waals surface area contributed by atoms with Crippen LogP contribution in [-0.2, 0) is 4.79 Å². The van der Waals surface area contributed by atoms with E-state index in [4.69, 9.17) is 9.47 Å². The van der Waals surface area contributed by atoms with Crippen molar-refractivity contribution in [3.8, 4) is 17.2 Å². The summed E-state index contributed by atoms with van der Waals surface area (Å²) in [4.78, 5) is 12.7. The van der Waals surface area contributed by atoms with Crippen LogP contribution < -0.4 is 14.8 Å². The van der Waals surface area contributed by atoms with Gasteiger partial charge in [-0.05, 0) is 66.6 Å². The van der Waals surface area contributed by atoms with Crippen molar-refractivity contribution >= 4 is 23.4 Å². The predicted molar refractivity (Wildman–Crippen MR) is 112 cm³/mol. The molecule has 152 valence electrons. The van der Waals surface area contributed by atoms with Gasteiger partial charge in [0.05, 0.1) is 25.2 Å². The monoisotopic (exact) mass is 413 g/mol. The molecule has 1 amide bonds. The number of nitrogens with one attached hydrogen (secondary N) is 1. The Morgan fingerprint density at radius 2 is 1.83 bits per heavy atom. The zero-order valence-electron chi connectivity index (χ0n) is 17.0. The van der Waals surface area contributed by atoms with Gasteiger partial charge in [-0.1, -0.05) is 17.8 Å². The fraction of sp³-hybridized carbons (Fsp3) is 0.300. The number of benzene rings is 2. The Morgan fingerprint density at radius 1 is 1.07 bits per heavy atom. The maximum atomic E-state index is 12.7. The minimum atomic E-state index is -0.417. The van der Waals surface area contributed by atoms with E-state index in [-0.39, 0.29) is 5.91 Å². The Bertz CT molecular complexity index is 1020. The fourth-order valence-electron chi connectivity index (χ4n) is 2.64. The van der Waals surface area contributed by atoms with Gasteiger partial charge in [-0.15, -0.1) is 5.10 Å². The predicted octanol–water partition coefficient (Wildman–Crippen LogP) is 3.42. The highest BCUT2D eigenvalue weighted by Crippen LogP contribution is 2.30. The summed E-state index contributed by atoms with van der Waals surface area (Å²) in [6, 6.07) is 11.2. The van der Waals surface area contributed by atoms with Gasteiger partial charge in [0.1, 0.15) is 0 Å². The van der Waals surface area contributed by atoms with Gasteiger partial charge in [0.15, 0.2) is 11.5 Å².